The molecule has 0 unspecified atom stereocenters. The van der Waals surface area contributed by atoms with E-state index < -0.39 is 0 Å². The standard InChI is InChI=1S/2C8H15.Al/c2*1-2-4-6-8-7-5-3-1;/h2*1H,2-8H2;/q;;+1. The van der Waals surface area contributed by atoms with E-state index in [9.17, 15) is 0 Å². The first-order chi connectivity index (χ1) is 8.45. The Labute approximate surface area is 115 Å². The average Bonchev–Trinajstić information content (AvgIpc) is 2.24. The second kappa shape index (κ2) is 8.60. The molecule has 0 aromatic carbocycles. The van der Waals surface area contributed by atoms with Gasteiger partial charge in [-0.1, -0.05) is 0 Å². The third-order valence-electron chi connectivity index (χ3n) is 4.84. The van der Waals surface area contributed by atoms with Crippen molar-refractivity contribution in [1.29, 1.82) is 0 Å². The summed E-state index contributed by atoms with van der Waals surface area (Å²) < 4.78 is 2.36. The first-order valence-corrected chi connectivity index (χ1v) is 9.63. The van der Waals surface area contributed by atoms with Crippen LogP contribution in [0.15, 0.2) is 0 Å². The summed E-state index contributed by atoms with van der Waals surface area (Å²) in [5.41, 5.74) is 0. The van der Waals surface area contributed by atoms with Crippen LogP contribution in [0.2, 0.25) is 9.56 Å². The van der Waals surface area contributed by atoms with Crippen molar-refractivity contribution in [1.82, 2.24) is 0 Å². The Hall–Kier alpha value is 0.532. The minimum absolute atomic E-state index is 0.780. The van der Waals surface area contributed by atoms with Gasteiger partial charge in [-0.25, -0.2) is 0 Å². The predicted octanol–water partition coefficient (Wildman–Crippen LogP) is 5.76. The molecule has 0 aromatic heterocycles. The third kappa shape index (κ3) is 5.80. The van der Waals surface area contributed by atoms with Gasteiger partial charge in [0.05, 0.1) is 0 Å². The summed E-state index contributed by atoms with van der Waals surface area (Å²) in [7, 11) is 0. The molecule has 0 heterocycles. The summed E-state index contributed by atoms with van der Waals surface area (Å²) in [6.07, 6.45) is 21.7. The minimum atomic E-state index is 0.780. The fraction of sp³-hybridized carbons (Fsp3) is 1.00. The molecule has 0 N–H and O–H groups in total. The summed E-state index contributed by atoms with van der Waals surface area (Å²) in [5.74, 6) is 0. The molecular formula is C16H30Al+. The van der Waals surface area contributed by atoms with E-state index in [2.05, 4.69) is 0 Å². The Morgan fingerprint density at radius 3 is 1.06 bits per heavy atom. The Bertz CT molecular complexity index is 154. The topological polar surface area (TPSA) is 0 Å². The molecule has 2 fully saturated rings. The zero-order valence-corrected chi connectivity index (χ0v) is 12.8. The maximum atomic E-state index is 1.59. The van der Waals surface area contributed by atoms with Crippen LogP contribution in [0.25, 0.3) is 0 Å². The van der Waals surface area contributed by atoms with Crippen molar-refractivity contribution in [2.45, 2.75) is 99.5 Å². The van der Waals surface area contributed by atoms with E-state index in [1.165, 1.54) is 48.1 Å². The van der Waals surface area contributed by atoms with Gasteiger partial charge in [0.15, 0.2) is 0 Å². The molecule has 2 rings (SSSR count). The van der Waals surface area contributed by atoms with Crippen molar-refractivity contribution in [2.75, 3.05) is 0 Å². The number of hydrogen-bond acceptors (Lipinski definition) is 0. The molecule has 0 aliphatic heterocycles. The van der Waals surface area contributed by atoms with Gasteiger partial charge in [0.1, 0.15) is 0 Å². The molecule has 0 spiro atoms. The fourth-order valence-corrected chi connectivity index (χ4v) is 6.23. The normalized spacial score (nSPS) is 26.4. The third-order valence-corrected chi connectivity index (χ3v) is 7.27. The van der Waals surface area contributed by atoms with Crippen molar-refractivity contribution >= 4 is 15.2 Å². The van der Waals surface area contributed by atoms with Crippen molar-refractivity contribution in [3.05, 3.63) is 0 Å². The van der Waals surface area contributed by atoms with Crippen LogP contribution in [-0.2, 0) is 0 Å². The molecule has 0 atom stereocenters. The van der Waals surface area contributed by atoms with Crippen LogP contribution in [-0.4, -0.2) is 15.2 Å². The molecule has 0 aromatic rings. The summed E-state index contributed by atoms with van der Waals surface area (Å²) >= 11 is 0.780. The van der Waals surface area contributed by atoms with Crippen molar-refractivity contribution < 1.29 is 0 Å². The van der Waals surface area contributed by atoms with Crippen LogP contribution >= 0.6 is 0 Å². The molecular weight excluding hydrogens is 219 g/mol. The van der Waals surface area contributed by atoms with Crippen LogP contribution in [0.4, 0.5) is 0 Å². The molecule has 0 bridgehead atoms. The fourth-order valence-electron chi connectivity index (χ4n) is 3.75. The number of hydrogen-bond donors (Lipinski definition) is 0. The van der Waals surface area contributed by atoms with E-state index in [1.54, 1.807) is 51.4 Å². The molecule has 17 heavy (non-hydrogen) atoms. The van der Waals surface area contributed by atoms with Crippen LogP contribution < -0.4 is 0 Å². The summed E-state index contributed by atoms with van der Waals surface area (Å²) in [4.78, 5) is 0. The van der Waals surface area contributed by atoms with Gasteiger partial charge in [-0.05, 0) is 0 Å². The van der Waals surface area contributed by atoms with E-state index >= 15 is 0 Å². The van der Waals surface area contributed by atoms with Gasteiger partial charge >= 0.3 is 115 Å². The molecule has 2 aliphatic rings. The van der Waals surface area contributed by atoms with Gasteiger partial charge in [0.2, 0.25) is 0 Å². The zero-order valence-electron chi connectivity index (χ0n) is 11.6. The first kappa shape index (κ1) is 14.0. The Morgan fingerprint density at radius 1 is 0.412 bits per heavy atom. The summed E-state index contributed by atoms with van der Waals surface area (Å²) in [6, 6.07) is 0. The van der Waals surface area contributed by atoms with E-state index in [1.807, 2.05) is 0 Å². The zero-order chi connectivity index (χ0) is 11.8. The second-order valence-corrected chi connectivity index (χ2v) is 8.67. The second-order valence-electron chi connectivity index (χ2n) is 6.40. The maximum absolute atomic E-state index is 1.59. The van der Waals surface area contributed by atoms with Gasteiger partial charge in [0, 0.05) is 0 Å². The molecule has 0 radical (unpaired) electrons. The van der Waals surface area contributed by atoms with Gasteiger partial charge in [-0.3, -0.25) is 0 Å². The van der Waals surface area contributed by atoms with E-state index in [0.717, 1.165) is 15.2 Å². The Balaban J connectivity index is 1.72. The molecule has 0 nitrogen and oxygen atoms in total. The Kier molecular flexibility index (Phi) is 7.06. The molecule has 0 amide bonds. The van der Waals surface area contributed by atoms with E-state index in [4.69, 9.17) is 0 Å². The van der Waals surface area contributed by atoms with E-state index in [-0.39, 0.29) is 0 Å². The Morgan fingerprint density at radius 2 is 0.706 bits per heavy atom. The van der Waals surface area contributed by atoms with Gasteiger partial charge in [0.25, 0.3) is 0 Å². The van der Waals surface area contributed by atoms with Crippen LogP contribution in [0.1, 0.15) is 89.9 Å². The SMILES string of the molecule is C1CCC[CH]([Al+][CH]2CCCCCCC2)CCC1. The van der Waals surface area contributed by atoms with Crippen molar-refractivity contribution in [3.8, 4) is 0 Å². The first-order valence-electron chi connectivity index (χ1n) is 8.30. The van der Waals surface area contributed by atoms with E-state index in [0.29, 0.717) is 0 Å². The average molecular weight is 249 g/mol. The van der Waals surface area contributed by atoms with Crippen LogP contribution in [0.5, 0.6) is 0 Å². The van der Waals surface area contributed by atoms with Gasteiger partial charge in [-0.15, -0.1) is 0 Å². The molecule has 1 heteroatoms. The molecule has 96 valence electrons. The van der Waals surface area contributed by atoms with Crippen LogP contribution in [0, 0.1) is 0 Å². The number of rotatable bonds is 2. The van der Waals surface area contributed by atoms with Gasteiger partial charge < -0.3 is 0 Å². The molecule has 2 aliphatic carbocycles. The monoisotopic (exact) mass is 249 g/mol. The summed E-state index contributed by atoms with van der Waals surface area (Å²) in [6.45, 7) is 0. The predicted molar refractivity (Wildman–Crippen MR) is 77.9 cm³/mol. The van der Waals surface area contributed by atoms with Crippen molar-refractivity contribution in [2.24, 2.45) is 0 Å². The molecule has 0 saturated heterocycles. The van der Waals surface area contributed by atoms with Crippen molar-refractivity contribution in [3.63, 3.8) is 0 Å². The van der Waals surface area contributed by atoms with Crippen LogP contribution in [0.3, 0.4) is 0 Å². The molecule has 2 saturated carbocycles. The summed E-state index contributed by atoms with van der Waals surface area (Å²) in [5, 5.41) is 0. The quantitative estimate of drug-likeness (QED) is 0.546. The van der Waals surface area contributed by atoms with Gasteiger partial charge in [-0.2, -0.15) is 0 Å².